The lowest BCUT2D eigenvalue weighted by Gasteiger charge is -2.25. The van der Waals surface area contributed by atoms with E-state index in [4.69, 9.17) is 4.74 Å². The first kappa shape index (κ1) is 29.4. The highest BCUT2D eigenvalue weighted by atomic mass is 19.1. The summed E-state index contributed by atoms with van der Waals surface area (Å²) in [5.74, 6) is -1.15. The van der Waals surface area contributed by atoms with E-state index in [1.807, 2.05) is 11.0 Å². The number of ether oxygens (including phenoxy) is 1. The van der Waals surface area contributed by atoms with Crippen LogP contribution in [0.15, 0.2) is 71.8 Å². The Morgan fingerprint density at radius 2 is 1.69 bits per heavy atom. The third kappa shape index (κ3) is 9.29. The van der Waals surface area contributed by atoms with Crippen molar-refractivity contribution in [2.45, 2.75) is 32.6 Å². The van der Waals surface area contributed by atoms with Gasteiger partial charge in [0.05, 0.1) is 36.8 Å². The fourth-order valence-corrected chi connectivity index (χ4v) is 3.94. The van der Waals surface area contributed by atoms with Gasteiger partial charge in [0.2, 0.25) is 0 Å². The van der Waals surface area contributed by atoms with Gasteiger partial charge >= 0.3 is 0 Å². The number of benzene rings is 3. The first-order valence-electron chi connectivity index (χ1n) is 12.4. The first-order chi connectivity index (χ1) is 18.6. The Kier molecular flexibility index (Phi) is 10.7. The summed E-state index contributed by atoms with van der Waals surface area (Å²) in [7, 11) is 1.56. The van der Waals surface area contributed by atoms with Crippen LogP contribution in [0.25, 0.3) is 0 Å². The fraction of sp³-hybridized carbons (Fsp3) is 0.276. The minimum absolute atomic E-state index is 0.0913. The normalized spacial score (nSPS) is 12.8. The van der Waals surface area contributed by atoms with E-state index >= 15 is 0 Å². The van der Waals surface area contributed by atoms with Crippen LogP contribution in [-0.4, -0.2) is 65.5 Å². The minimum atomic E-state index is -0.699. The van der Waals surface area contributed by atoms with Gasteiger partial charge in [0, 0.05) is 25.2 Å². The molecule has 0 saturated heterocycles. The zero-order chi connectivity index (χ0) is 28.4. The molecule has 0 aliphatic carbocycles. The van der Waals surface area contributed by atoms with Crippen LogP contribution in [0.1, 0.15) is 45.7 Å². The Balaban J connectivity index is 1.72. The van der Waals surface area contributed by atoms with Gasteiger partial charge in [-0.15, -0.1) is 0 Å². The van der Waals surface area contributed by atoms with E-state index < -0.39 is 29.8 Å². The van der Waals surface area contributed by atoms with Gasteiger partial charge in [-0.1, -0.05) is 12.1 Å². The maximum atomic E-state index is 14.0. The van der Waals surface area contributed by atoms with Gasteiger partial charge in [0.1, 0.15) is 11.6 Å². The van der Waals surface area contributed by atoms with Crippen molar-refractivity contribution in [3.05, 3.63) is 94.8 Å². The van der Waals surface area contributed by atoms with Crippen molar-refractivity contribution in [1.82, 2.24) is 10.3 Å². The lowest BCUT2D eigenvalue weighted by molar-refractivity contribution is 0.0793. The van der Waals surface area contributed by atoms with Crippen LogP contribution >= 0.6 is 0 Å². The zero-order valence-electron chi connectivity index (χ0n) is 22.1. The number of hydrogen-bond donors (Lipinski definition) is 4. The largest absolute Gasteiger partial charge is 0.497 e. The average molecular weight is 537 g/mol. The summed E-state index contributed by atoms with van der Waals surface area (Å²) in [4.78, 5) is 27.7. The quantitative estimate of drug-likeness (QED) is 0.208. The smallest absolute Gasteiger partial charge is 0.273 e. The molecule has 39 heavy (non-hydrogen) atoms. The van der Waals surface area contributed by atoms with Crippen molar-refractivity contribution < 1.29 is 28.9 Å². The molecule has 10 heteroatoms. The second kappa shape index (κ2) is 14.1. The number of anilines is 1. The summed E-state index contributed by atoms with van der Waals surface area (Å²) in [5.41, 5.74) is 4.22. The third-order valence-electron chi connectivity index (χ3n) is 5.61. The van der Waals surface area contributed by atoms with Crippen LogP contribution in [0.4, 0.5) is 10.1 Å². The fourth-order valence-electron chi connectivity index (χ4n) is 3.94. The molecular formula is C29H33FN4O5. The standard InChI is InChI=1S/C29H33FN4O5/c1-19(35)16-34(17-20(2)36)18-22-5-4-6-23(13-22)28(37)32-27-12-9-24(30)14-26(27)29(38)33-31-15-21-7-10-25(39-3)11-8-21/h4-15,19-20,35-36H,16-18H2,1-3H3,(H,32,37)(H,33,38). The van der Waals surface area contributed by atoms with Crippen molar-refractivity contribution in [3.8, 4) is 5.75 Å². The first-order valence-corrected chi connectivity index (χ1v) is 12.4. The monoisotopic (exact) mass is 536 g/mol. The van der Waals surface area contributed by atoms with Crippen LogP contribution < -0.4 is 15.5 Å². The summed E-state index contributed by atoms with van der Waals surface area (Å²) in [5, 5.41) is 26.2. The van der Waals surface area contributed by atoms with Gasteiger partial charge in [-0.05, 0) is 79.6 Å². The molecule has 0 aromatic heterocycles. The Morgan fingerprint density at radius 1 is 1.00 bits per heavy atom. The Hall–Kier alpha value is -4.12. The van der Waals surface area contributed by atoms with E-state index in [2.05, 4.69) is 15.8 Å². The zero-order valence-corrected chi connectivity index (χ0v) is 22.1. The highest BCUT2D eigenvalue weighted by Crippen LogP contribution is 2.19. The second-order valence-corrected chi connectivity index (χ2v) is 9.21. The number of rotatable bonds is 12. The summed E-state index contributed by atoms with van der Waals surface area (Å²) in [6.45, 7) is 4.46. The molecule has 3 rings (SSSR count). The summed E-state index contributed by atoms with van der Waals surface area (Å²) >= 11 is 0. The maximum Gasteiger partial charge on any atom is 0.273 e. The number of hydrogen-bond acceptors (Lipinski definition) is 7. The van der Waals surface area contributed by atoms with Gasteiger partial charge in [-0.3, -0.25) is 14.5 Å². The third-order valence-corrected chi connectivity index (χ3v) is 5.61. The number of carbonyl (C=O) groups excluding carboxylic acids is 2. The lowest BCUT2D eigenvalue weighted by atomic mass is 10.1. The summed E-state index contributed by atoms with van der Waals surface area (Å²) in [6.07, 6.45) is 0.260. The van der Waals surface area contributed by atoms with Crippen molar-refractivity contribution in [1.29, 1.82) is 0 Å². The molecule has 0 saturated carbocycles. The topological polar surface area (TPSA) is 123 Å². The molecule has 2 unspecified atom stereocenters. The minimum Gasteiger partial charge on any atom is -0.497 e. The van der Waals surface area contributed by atoms with Crippen molar-refractivity contribution in [2.75, 3.05) is 25.5 Å². The summed E-state index contributed by atoms with van der Waals surface area (Å²) < 4.78 is 19.1. The maximum absolute atomic E-state index is 14.0. The Labute approximate surface area is 226 Å². The van der Waals surface area contributed by atoms with Gasteiger partial charge in [0.25, 0.3) is 11.8 Å². The van der Waals surface area contributed by atoms with Gasteiger partial charge in [0.15, 0.2) is 0 Å². The summed E-state index contributed by atoms with van der Waals surface area (Å²) in [6, 6.07) is 17.4. The van der Waals surface area contributed by atoms with E-state index in [1.165, 1.54) is 12.3 Å². The van der Waals surface area contributed by atoms with Crippen LogP contribution in [0.3, 0.4) is 0 Å². The average Bonchev–Trinajstić information content (AvgIpc) is 2.89. The molecule has 0 spiro atoms. The van der Waals surface area contributed by atoms with E-state index in [9.17, 15) is 24.2 Å². The van der Waals surface area contributed by atoms with Crippen LogP contribution in [0.5, 0.6) is 5.75 Å². The second-order valence-electron chi connectivity index (χ2n) is 9.21. The van der Waals surface area contributed by atoms with Crippen molar-refractivity contribution in [2.24, 2.45) is 5.10 Å². The molecule has 9 nitrogen and oxygen atoms in total. The Morgan fingerprint density at radius 3 is 2.33 bits per heavy atom. The highest BCUT2D eigenvalue weighted by molar-refractivity contribution is 6.09. The highest BCUT2D eigenvalue weighted by Gasteiger charge is 2.17. The lowest BCUT2D eigenvalue weighted by Crippen LogP contribution is -2.35. The molecule has 4 N–H and O–H groups in total. The number of halogens is 1. The van der Waals surface area contributed by atoms with Gasteiger partial charge in [-0.25, -0.2) is 9.82 Å². The molecule has 206 valence electrons. The van der Waals surface area contributed by atoms with Crippen LogP contribution in [0.2, 0.25) is 0 Å². The molecule has 3 aromatic rings. The number of carbonyl (C=O) groups is 2. The number of amides is 2. The van der Waals surface area contributed by atoms with E-state index in [0.717, 1.165) is 17.7 Å². The molecule has 0 fully saturated rings. The van der Waals surface area contributed by atoms with Gasteiger partial charge < -0.3 is 20.3 Å². The van der Waals surface area contributed by atoms with Crippen LogP contribution in [0, 0.1) is 5.82 Å². The molecule has 0 bridgehead atoms. The molecule has 0 heterocycles. The molecule has 0 radical (unpaired) electrons. The van der Waals surface area contributed by atoms with Gasteiger partial charge in [-0.2, -0.15) is 5.10 Å². The van der Waals surface area contributed by atoms with Crippen molar-refractivity contribution in [3.63, 3.8) is 0 Å². The van der Waals surface area contributed by atoms with E-state index in [1.54, 1.807) is 63.4 Å². The molecular weight excluding hydrogens is 503 g/mol. The Bertz CT molecular complexity index is 1290. The van der Waals surface area contributed by atoms with E-state index in [-0.39, 0.29) is 11.3 Å². The van der Waals surface area contributed by atoms with Crippen molar-refractivity contribution >= 4 is 23.7 Å². The number of aliphatic hydroxyl groups is 2. The van der Waals surface area contributed by atoms with E-state index in [0.29, 0.717) is 36.5 Å². The predicted molar refractivity (Wildman–Crippen MR) is 147 cm³/mol. The number of methoxy groups -OCH3 is 1. The number of hydrazone groups is 1. The number of nitrogens with one attached hydrogen (secondary N) is 2. The molecule has 0 aliphatic rings. The number of nitrogens with zero attached hydrogens (tertiary/aromatic N) is 2. The molecule has 3 aromatic carbocycles. The van der Waals surface area contributed by atoms with Crippen LogP contribution in [-0.2, 0) is 6.54 Å². The molecule has 0 aliphatic heterocycles. The molecule has 2 atom stereocenters. The predicted octanol–water partition coefficient (Wildman–Crippen LogP) is 3.41. The number of aliphatic hydroxyl groups excluding tert-OH is 2. The SMILES string of the molecule is COc1ccc(C=NNC(=O)c2cc(F)ccc2NC(=O)c2cccc(CN(CC(C)O)CC(C)O)c2)cc1. The molecule has 2 amide bonds.